The van der Waals surface area contributed by atoms with E-state index in [0.717, 1.165) is 24.0 Å². The Hall–Kier alpha value is -2.21. The van der Waals surface area contributed by atoms with Crippen LogP contribution in [0.4, 0.5) is 0 Å². The lowest BCUT2D eigenvalue weighted by atomic mass is 10.1. The van der Waals surface area contributed by atoms with E-state index in [1.54, 1.807) is 0 Å². The summed E-state index contributed by atoms with van der Waals surface area (Å²) >= 11 is 0. The van der Waals surface area contributed by atoms with Crippen molar-refractivity contribution in [2.24, 2.45) is 0 Å². The third kappa shape index (κ3) is 3.92. The second kappa shape index (κ2) is 6.27. The van der Waals surface area contributed by atoms with Crippen molar-refractivity contribution in [3.8, 4) is 11.5 Å². The molecule has 6 nitrogen and oxygen atoms in total. The van der Waals surface area contributed by atoms with E-state index in [4.69, 9.17) is 4.42 Å². The van der Waals surface area contributed by atoms with Crippen LogP contribution in [0, 0.1) is 6.92 Å². The molecule has 1 aliphatic carbocycles. The summed E-state index contributed by atoms with van der Waals surface area (Å²) in [6.45, 7) is 2.81. The monoisotopic (exact) mass is 300 g/mol. The number of nitrogens with zero attached hydrogens (tertiary/aromatic N) is 3. The highest BCUT2D eigenvalue weighted by atomic mass is 16.4. The molecule has 0 radical (unpaired) electrons. The molecule has 1 aromatic carbocycles. The summed E-state index contributed by atoms with van der Waals surface area (Å²) in [4.78, 5) is 13.6. The van der Waals surface area contributed by atoms with Crippen LogP contribution in [0.1, 0.15) is 24.3 Å². The lowest BCUT2D eigenvalue weighted by Gasteiger charge is -2.13. The Labute approximate surface area is 129 Å². The number of hydrogen-bond donors (Lipinski definition) is 1. The van der Waals surface area contributed by atoms with Gasteiger partial charge in [-0.25, -0.2) is 0 Å². The van der Waals surface area contributed by atoms with Crippen LogP contribution in [0.2, 0.25) is 0 Å². The van der Waals surface area contributed by atoms with Gasteiger partial charge in [-0.05, 0) is 38.9 Å². The van der Waals surface area contributed by atoms with E-state index >= 15 is 0 Å². The van der Waals surface area contributed by atoms with Gasteiger partial charge in [-0.15, -0.1) is 10.2 Å². The van der Waals surface area contributed by atoms with E-state index in [1.807, 2.05) is 43.1 Å². The molecule has 6 heteroatoms. The molecule has 0 saturated heterocycles. The molecule has 0 aliphatic heterocycles. The Kier molecular flexibility index (Phi) is 4.20. The molecule has 2 aromatic rings. The van der Waals surface area contributed by atoms with Gasteiger partial charge in [0.1, 0.15) is 0 Å². The van der Waals surface area contributed by atoms with Crippen LogP contribution in [0.3, 0.4) is 0 Å². The fourth-order valence-electron chi connectivity index (χ4n) is 2.25. The van der Waals surface area contributed by atoms with Gasteiger partial charge in [0.2, 0.25) is 17.7 Å². The van der Waals surface area contributed by atoms with E-state index in [2.05, 4.69) is 15.5 Å². The third-order valence-corrected chi connectivity index (χ3v) is 3.49. The molecular weight excluding hydrogens is 280 g/mol. The molecule has 1 N–H and O–H groups in total. The molecule has 22 heavy (non-hydrogen) atoms. The Bertz CT molecular complexity index is 664. The fraction of sp³-hybridized carbons (Fsp3) is 0.438. The van der Waals surface area contributed by atoms with Crippen LogP contribution in [0.15, 0.2) is 28.7 Å². The van der Waals surface area contributed by atoms with Crippen molar-refractivity contribution in [3.63, 3.8) is 0 Å². The number of benzene rings is 1. The molecule has 0 atom stereocenters. The number of carbonyl (C=O) groups excluding carboxylic acids is 1. The average molecular weight is 300 g/mol. The quantitative estimate of drug-likeness (QED) is 0.880. The zero-order valence-corrected chi connectivity index (χ0v) is 12.9. The van der Waals surface area contributed by atoms with Crippen molar-refractivity contribution in [2.45, 2.75) is 32.4 Å². The van der Waals surface area contributed by atoms with E-state index in [-0.39, 0.29) is 5.91 Å². The fourth-order valence-corrected chi connectivity index (χ4v) is 2.25. The number of aromatic nitrogens is 2. The second-order valence-electron chi connectivity index (χ2n) is 5.88. The summed E-state index contributed by atoms with van der Waals surface area (Å²) in [7, 11) is 1.86. The molecule has 3 rings (SSSR count). The molecule has 1 aromatic heterocycles. The number of nitrogens with one attached hydrogen (secondary N) is 1. The molecule has 1 fully saturated rings. The number of amides is 1. The summed E-state index contributed by atoms with van der Waals surface area (Å²) in [6, 6.07) is 8.31. The first-order chi connectivity index (χ1) is 10.6. The van der Waals surface area contributed by atoms with Crippen LogP contribution < -0.4 is 5.32 Å². The highest BCUT2D eigenvalue weighted by Crippen LogP contribution is 2.20. The van der Waals surface area contributed by atoms with Gasteiger partial charge in [0.25, 0.3) is 0 Å². The van der Waals surface area contributed by atoms with Crippen molar-refractivity contribution in [1.29, 1.82) is 0 Å². The largest absolute Gasteiger partial charge is 0.419 e. The van der Waals surface area contributed by atoms with Crippen molar-refractivity contribution in [1.82, 2.24) is 20.4 Å². The minimum absolute atomic E-state index is 0.0448. The molecule has 1 amide bonds. The summed E-state index contributed by atoms with van der Waals surface area (Å²) in [5.41, 5.74) is 2.05. The number of likely N-dealkylation sites (N-methyl/N-ethyl adjacent to an activating group) is 1. The van der Waals surface area contributed by atoms with Gasteiger partial charge in [-0.2, -0.15) is 0 Å². The van der Waals surface area contributed by atoms with Gasteiger partial charge in [0, 0.05) is 11.6 Å². The molecule has 1 saturated carbocycles. The van der Waals surface area contributed by atoms with Gasteiger partial charge >= 0.3 is 0 Å². The standard InChI is InChI=1S/C16H20N4O2/c1-11-4-3-5-12(8-11)16-19-18-15(22-16)10-20(2)9-14(21)17-13-6-7-13/h3-5,8,13H,6-7,9-10H2,1-2H3,(H,17,21). The molecule has 0 unspecified atom stereocenters. The molecule has 0 spiro atoms. The van der Waals surface area contributed by atoms with Crippen molar-refractivity contribution in [2.75, 3.05) is 13.6 Å². The molecule has 1 heterocycles. The third-order valence-electron chi connectivity index (χ3n) is 3.49. The maximum Gasteiger partial charge on any atom is 0.247 e. The summed E-state index contributed by atoms with van der Waals surface area (Å²) < 4.78 is 5.67. The SMILES string of the molecule is Cc1cccc(-c2nnc(CN(C)CC(=O)NC3CC3)o2)c1. The van der Waals surface area contributed by atoms with Gasteiger partial charge in [0.15, 0.2) is 0 Å². The highest BCUT2D eigenvalue weighted by molar-refractivity contribution is 5.78. The van der Waals surface area contributed by atoms with Crippen LogP contribution in [-0.2, 0) is 11.3 Å². The molecular formula is C16H20N4O2. The zero-order valence-electron chi connectivity index (χ0n) is 12.9. The van der Waals surface area contributed by atoms with E-state index in [9.17, 15) is 4.79 Å². The topological polar surface area (TPSA) is 71.3 Å². The van der Waals surface area contributed by atoms with Gasteiger partial charge in [-0.3, -0.25) is 9.69 Å². The molecule has 0 bridgehead atoms. The van der Waals surface area contributed by atoms with E-state index < -0.39 is 0 Å². The van der Waals surface area contributed by atoms with Gasteiger partial charge < -0.3 is 9.73 Å². The highest BCUT2D eigenvalue weighted by Gasteiger charge is 2.23. The number of aryl methyl sites for hydroxylation is 1. The predicted octanol–water partition coefficient (Wildman–Crippen LogP) is 1.76. The zero-order chi connectivity index (χ0) is 15.5. The lowest BCUT2D eigenvalue weighted by molar-refractivity contribution is -0.122. The Morgan fingerprint density at radius 1 is 1.41 bits per heavy atom. The van der Waals surface area contributed by atoms with E-state index in [0.29, 0.717) is 30.9 Å². The minimum atomic E-state index is 0.0448. The summed E-state index contributed by atoms with van der Waals surface area (Å²) in [6.07, 6.45) is 2.19. The van der Waals surface area contributed by atoms with Crippen LogP contribution >= 0.6 is 0 Å². The Morgan fingerprint density at radius 3 is 2.95 bits per heavy atom. The maximum absolute atomic E-state index is 11.7. The summed E-state index contributed by atoms with van der Waals surface area (Å²) in [5.74, 6) is 1.07. The van der Waals surface area contributed by atoms with Gasteiger partial charge in [0.05, 0.1) is 13.1 Å². The van der Waals surface area contributed by atoms with Crippen LogP contribution in [0.5, 0.6) is 0 Å². The normalized spacial score (nSPS) is 14.3. The maximum atomic E-state index is 11.7. The molecule has 116 valence electrons. The smallest absolute Gasteiger partial charge is 0.247 e. The first-order valence-corrected chi connectivity index (χ1v) is 7.47. The number of carbonyl (C=O) groups is 1. The van der Waals surface area contributed by atoms with Gasteiger partial charge in [-0.1, -0.05) is 17.7 Å². The first-order valence-electron chi connectivity index (χ1n) is 7.47. The Balaban J connectivity index is 1.57. The van der Waals surface area contributed by atoms with Crippen LogP contribution in [0.25, 0.3) is 11.5 Å². The molecule has 1 aliphatic rings. The minimum Gasteiger partial charge on any atom is -0.419 e. The summed E-state index contributed by atoms with van der Waals surface area (Å²) in [5, 5.41) is 11.1. The van der Waals surface area contributed by atoms with E-state index in [1.165, 1.54) is 0 Å². The van der Waals surface area contributed by atoms with Crippen molar-refractivity contribution >= 4 is 5.91 Å². The second-order valence-corrected chi connectivity index (χ2v) is 5.88. The lowest BCUT2D eigenvalue weighted by Crippen LogP contribution is -2.36. The average Bonchev–Trinajstić information content (AvgIpc) is 3.14. The number of rotatable bonds is 6. The first kappa shape index (κ1) is 14.7. The predicted molar refractivity (Wildman–Crippen MR) is 82.0 cm³/mol. The van der Waals surface area contributed by atoms with Crippen molar-refractivity contribution in [3.05, 3.63) is 35.7 Å². The van der Waals surface area contributed by atoms with Crippen molar-refractivity contribution < 1.29 is 9.21 Å². The van der Waals surface area contributed by atoms with Crippen LogP contribution in [-0.4, -0.2) is 40.6 Å². The Morgan fingerprint density at radius 2 is 2.23 bits per heavy atom. The number of hydrogen-bond acceptors (Lipinski definition) is 5.